The lowest BCUT2D eigenvalue weighted by atomic mass is 10.1. The first-order valence-corrected chi connectivity index (χ1v) is 4.83. The van der Waals surface area contributed by atoms with Gasteiger partial charge < -0.3 is 5.73 Å². The highest BCUT2D eigenvalue weighted by molar-refractivity contribution is 5.55. The Labute approximate surface area is 88.2 Å². The normalized spacial score (nSPS) is 10.2. The number of anilines is 1. The Balaban J connectivity index is 2.49. The molecule has 0 amide bonds. The number of nitrogens with zero attached hydrogens (tertiary/aromatic N) is 3. The lowest BCUT2D eigenvalue weighted by Crippen LogP contribution is -1.97. The standard InChI is InChI=1S/C11H12N4/c1-2-8-4-3-5-13-10(8)11-14-6-9(12)7-15-11/h3-7H,2,12H2,1H3. The second-order valence-corrected chi connectivity index (χ2v) is 3.20. The van der Waals surface area contributed by atoms with Crippen molar-refractivity contribution in [2.75, 3.05) is 5.73 Å². The van der Waals surface area contributed by atoms with Crippen molar-refractivity contribution < 1.29 is 0 Å². The summed E-state index contributed by atoms with van der Waals surface area (Å²) in [5, 5.41) is 0. The van der Waals surface area contributed by atoms with Gasteiger partial charge in [-0.3, -0.25) is 4.98 Å². The van der Waals surface area contributed by atoms with Gasteiger partial charge in [0.25, 0.3) is 0 Å². The molecule has 0 saturated carbocycles. The van der Waals surface area contributed by atoms with Gasteiger partial charge in [0.2, 0.25) is 0 Å². The van der Waals surface area contributed by atoms with E-state index in [0.29, 0.717) is 11.5 Å². The van der Waals surface area contributed by atoms with Crippen LogP contribution in [-0.2, 0) is 6.42 Å². The van der Waals surface area contributed by atoms with Gasteiger partial charge in [-0.1, -0.05) is 13.0 Å². The fourth-order valence-corrected chi connectivity index (χ4v) is 1.39. The zero-order valence-electron chi connectivity index (χ0n) is 8.51. The van der Waals surface area contributed by atoms with Crippen molar-refractivity contribution in [3.05, 3.63) is 36.3 Å². The molecular weight excluding hydrogens is 188 g/mol. The molecule has 0 spiro atoms. The van der Waals surface area contributed by atoms with E-state index >= 15 is 0 Å². The Bertz CT molecular complexity index is 450. The number of rotatable bonds is 2. The Hall–Kier alpha value is -1.97. The third-order valence-corrected chi connectivity index (χ3v) is 2.16. The summed E-state index contributed by atoms with van der Waals surface area (Å²) in [5.74, 6) is 0.627. The molecule has 15 heavy (non-hydrogen) atoms. The molecule has 2 heterocycles. The van der Waals surface area contributed by atoms with E-state index in [1.807, 2.05) is 12.1 Å². The van der Waals surface area contributed by atoms with E-state index in [2.05, 4.69) is 21.9 Å². The summed E-state index contributed by atoms with van der Waals surface area (Å²) in [6.45, 7) is 2.08. The molecule has 0 radical (unpaired) electrons. The summed E-state index contributed by atoms with van der Waals surface area (Å²) in [6, 6.07) is 3.95. The molecule has 2 aromatic heterocycles. The van der Waals surface area contributed by atoms with Crippen LogP contribution in [0.15, 0.2) is 30.7 Å². The van der Waals surface area contributed by atoms with Crippen molar-refractivity contribution >= 4 is 5.69 Å². The van der Waals surface area contributed by atoms with Gasteiger partial charge in [0.15, 0.2) is 5.82 Å². The highest BCUT2D eigenvalue weighted by atomic mass is 14.9. The maximum atomic E-state index is 5.53. The largest absolute Gasteiger partial charge is 0.396 e. The van der Waals surface area contributed by atoms with Gasteiger partial charge >= 0.3 is 0 Å². The molecule has 0 atom stereocenters. The van der Waals surface area contributed by atoms with E-state index in [1.165, 1.54) is 0 Å². The Kier molecular flexibility index (Phi) is 2.58. The van der Waals surface area contributed by atoms with Crippen LogP contribution in [0.5, 0.6) is 0 Å². The van der Waals surface area contributed by atoms with Crippen molar-refractivity contribution in [1.29, 1.82) is 0 Å². The molecule has 0 unspecified atom stereocenters. The van der Waals surface area contributed by atoms with E-state index in [1.54, 1.807) is 18.6 Å². The summed E-state index contributed by atoms with van der Waals surface area (Å²) in [4.78, 5) is 12.6. The van der Waals surface area contributed by atoms with Gasteiger partial charge in [0, 0.05) is 6.20 Å². The highest BCUT2D eigenvalue weighted by Gasteiger charge is 2.06. The van der Waals surface area contributed by atoms with Crippen LogP contribution in [0.2, 0.25) is 0 Å². The lowest BCUT2D eigenvalue weighted by Gasteiger charge is -2.04. The number of hydrogen-bond acceptors (Lipinski definition) is 4. The van der Waals surface area contributed by atoms with E-state index in [4.69, 9.17) is 5.73 Å². The van der Waals surface area contributed by atoms with Crippen molar-refractivity contribution in [2.24, 2.45) is 0 Å². The number of nitrogen functional groups attached to an aromatic ring is 1. The van der Waals surface area contributed by atoms with Crippen LogP contribution >= 0.6 is 0 Å². The number of aromatic nitrogens is 3. The highest BCUT2D eigenvalue weighted by Crippen LogP contribution is 2.17. The molecule has 0 aromatic carbocycles. The van der Waals surface area contributed by atoms with Crippen LogP contribution in [0.4, 0.5) is 5.69 Å². The fraction of sp³-hybridized carbons (Fsp3) is 0.182. The molecule has 2 aromatic rings. The Morgan fingerprint density at radius 2 is 1.93 bits per heavy atom. The molecule has 0 bridgehead atoms. The number of pyridine rings is 1. The summed E-state index contributed by atoms with van der Waals surface area (Å²) in [5.41, 5.74) is 8.07. The minimum absolute atomic E-state index is 0.563. The zero-order chi connectivity index (χ0) is 10.7. The third-order valence-electron chi connectivity index (χ3n) is 2.16. The SMILES string of the molecule is CCc1cccnc1-c1ncc(N)cn1. The summed E-state index contributed by atoms with van der Waals surface area (Å²) >= 11 is 0. The second kappa shape index (κ2) is 4.04. The van der Waals surface area contributed by atoms with Gasteiger partial charge in [0.05, 0.1) is 18.1 Å². The van der Waals surface area contributed by atoms with Gasteiger partial charge in [-0.05, 0) is 18.1 Å². The average Bonchev–Trinajstić information content (AvgIpc) is 2.30. The molecule has 76 valence electrons. The number of hydrogen-bond donors (Lipinski definition) is 1. The van der Waals surface area contributed by atoms with Crippen molar-refractivity contribution in [3.8, 4) is 11.5 Å². The predicted octanol–water partition coefficient (Wildman–Crippen LogP) is 1.68. The van der Waals surface area contributed by atoms with Gasteiger partial charge in [-0.25, -0.2) is 9.97 Å². The Morgan fingerprint density at radius 3 is 2.60 bits per heavy atom. The van der Waals surface area contributed by atoms with Crippen LogP contribution in [0, 0.1) is 0 Å². The number of aryl methyl sites for hydroxylation is 1. The molecule has 4 nitrogen and oxygen atoms in total. The van der Waals surface area contributed by atoms with E-state index in [-0.39, 0.29) is 0 Å². The summed E-state index contributed by atoms with van der Waals surface area (Å²) in [7, 11) is 0. The molecular formula is C11H12N4. The molecule has 0 fully saturated rings. The topological polar surface area (TPSA) is 64.7 Å². The predicted molar refractivity (Wildman–Crippen MR) is 59.1 cm³/mol. The first kappa shape index (κ1) is 9.58. The lowest BCUT2D eigenvalue weighted by molar-refractivity contribution is 1.07. The first-order valence-electron chi connectivity index (χ1n) is 4.83. The maximum absolute atomic E-state index is 5.53. The zero-order valence-corrected chi connectivity index (χ0v) is 8.51. The quantitative estimate of drug-likeness (QED) is 0.801. The molecule has 0 saturated heterocycles. The number of nitrogens with two attached hydrogens (primary N) is 1. The van der Waals surface area contributed by atoms with Crippen molar-refractivity contribution in [3.63, 3.8) is 0 Å². The fourth-order valence-electron chi connectivity index (χ4n) is 1.39. The molecule has 0 aliphatic rings. The van der Waals surface area contributed by atoms with E-state index in [0.717, 1.165) is 17.7 Å². The van der Waals surface area contributed by atoms with Crippen molar-refractivity contribution in [2.45, 2.75) is 13.3 Å². The van der Waals surface area contributed by atoms with Crippen LogP contribution in [0.1, 0.15) is 12.5 Å². The summed E-state index contributed by atoms with van der Waals surface area (Å²) in [6.07, 6.45) is 5.85. The maximum Gasteiger partial charge on any atom is 0.178 e. The monoisotopic (exact) mass is 200 g/mol. The minimum Gasteiger partial charge on any atom is -0.396 e. The molecule has 0 aliphatic carbocycles. The Morgan fingerprint density at radius 1 is 1.20 bits per heavy atom. The molecule has 0 aliphatic heterocycles. The third kappa shape index (κ3) is 1.93. The van der Waals surface area contributed by atoms with Crippen LogP contribution in [-0.4, -0.2) is 15.0 Å². The minimum atomic E-state index is 0.563. The average molecular weight is 200 g/mol. The van der Waals surface area contributed by atoms with E-state index < -0.39 is 0 Å². The molecule has 2 N–H and O–H groups in total. The molecule has 4 heteroatoms. The molecule has 2 rings (SSSR count). The van der Waals surface area contributed by atoms with Gasteiger partial charge in [-0.15, -0.1) is 0 Å². The smallest absolute Gasteiger partial charge is 0.178 e. The van der Waals surface area contributed by atoms with Crippen LogP contribution < -0.4 is 5.73 Å². The van der Waals surface area contributed by atoms with Gasteiger partial charge in [0.1, 0.15) is 5.69 Å². The summed E-state index contributed by atoms with van der Waals surface area (Å²) < 4.78 is 0. The van der Waals surface area contributed by atoms with E-state index in [9.17, 15) is 0 Å². The van der Waals surface area contributed by atoms with Gasteiger partial charge in [-0.2, -0.15) is 0 Å². The second-order valence-electron chi connectivity index (χ2n) is 3.20. The van der Waals surface area contributed by atoms with Crippen LogP contribution in [0.25, 0.3) is 11.5 Å². The first-order chi connectivity index (χ1) is 7.31. The van der Waals surface area contributed by atoms with Crippen LogP contribution in [0.3, 0.4) is 0 Å². The van der Waals surface area contributed by atoms with Crippen molar-refractivity contribution in [1.82, 2.24) is 15.0 Å².